The molecule has 2 aliphatic rings. The van der Waals surface area contributed by atoms with Gasteiger partial charge in [-0.25, -0.2) is 0 Å². The van der Waals surface area contributed by atoms with E-state index in [2.05, 4.69) is 30.1 Å². The SMILES string of the molecule is CC1(C)C(C#N)C1c1nc(CSC2CCCCC2)no1. The van der Waals surface area contributed by atoms with Crippen molar-refractivity contribution in [1.82, 2.24) is 10.1 Å². The van der Waals surface area contributed by atoms with Crippen molar-refractivity contribution in [2.75, 3.05) is 0 Å². The Morgan fingerprint density at radius 1 is 1.35 bits per heavy atom. The lowest BCUT2D eigenvalue weighted by Crippen LogP contribution is -2.08. The van der Waals surface area contributed by atoms with Crippen LogP contribution in [0.5, 0.6) is 0 Å². The molecule has 1 heterocycles. The van der Waals surface area contributed by atoms with Crippen LogP contribution in [0.15, 0.2) is 4.52 Å². The first-order valence-electron chi connectivity index (χ1n) is 7.46. The van der Waals surface area contributed by atoms with Crippen LogP contribution in [0.1, 0.15) is 63.6 Å². The normalized spacial score (nSPS) is 29.1. The van der Waals surface area contributed by atoms with Crippen molar-refractivity contribution in [2.45, 2.75) is 62.9 Å². The number of thioether (sulfide) groups is 1. The molecule has 20 heavy (non-hydrogen) atoms. The summed E-state index contributed by atoms with van der Waals surface area (Å²) < 4.78 is 5.37. The highest BCUT2D eigenvalue weighted by molar-refractivity contribution is 7.99. The summed E-state index contributed by atoms with van der Waals surface area (Å²) in [7, 11) is 0. The molecule has 3 rings (SSSR count). The summed E-state index contributed by atoms with van der Waals surface area (Å²) in [5.41, 5.74) is -0.0188. The van der Waals surface area contributed by atoms with Crippen LogP contribution in [0.3, 0.4) is 0 Å². The maximum absolute atomic E-state index is 9.11. The van der Waals surface area contributed by atoms with E-state index in [1.54, 1.807) is 0 Å². The first-order valence-corrected chi connectivity index (χ1v) is 8.51. The van der Waals surface area contributed by atoms with Gasteiger partial charge in [-0.3, -0.25) is 0 Å². The molecule has 0 aromatic carbocycles. The molecule has 1 aromatic heterocycles. The third-order valence-corrected chi connectivity index (χ3v) is 6.08. The topological polar surface area (TPSA) is 62.7 Å². The third-order valence-electron chi connectivity index (χ3n) is 4.72. The van der Waals surface area contributed by atoms with Gasteiger partial charge in [-0.2, -0.15) is 22.0 Å². The van der Waals surface area contributed by atoms with E-state index in [9.17, 15) is 0 Å². The van der Waals surface area contributed by atoms with Gasteiger partial charge < -0.3 is 4.52 Å². The van der Waals surface area contributed by atoms with Crippen LogP contribution in [-0.2, 0) is 5.75 Å². The minimum absolute atomic E-state index is 0.0156. The molecular formula is C15H21N3OS. The summed E-state index contributed by atoms with van der Waals surface area (Å²) in [6.07, 6.45) is 6.74. The molecule has 0 spiro atoms. The molecule has 4 nitrogen and oxygen atoms in total. The monoisotopic (exact) mass is 291 g/mol. The Morgan fingerprint density at radius 2 is 2.10 bits per heavy atom. The summed E-state index contributed by atoms with van der Waals surface area (Å²) in [5.74, 6) is 2.41. The first-order chi connectivity index (χ1) is 9.63. The second-order valence-corrected chi connectivity index (χ2v) is 7.81. The average Bonchev–Trinajstić information content (AvgIpc) is 2.81. The number of hydrogen-bond donors (Lipinski definition) is 0. The number of rotatable bonds is 4. The summed E-state index contributed by atoms with van der Waals surface area (Å²) in [5, 5.41) is 13.9. The molecule has 0 N–H and O–H groups in total. The first kappa shape index (κ1) is 13.9. The second-order valence-electron chi connectivity index (χ2n) is 6.53. The van der Waals surface area contributed by atoms with E-state index in [1.807, 2.05) is 11.8 Å². The Labute approximate surface area is 124 Å². The van der Waals surface area contributed by atoms with Gasteiger partial charge >= 0.3 is 0 Å². The van der Waals surface area contributed by atoms with Gasteiger partial charge in [0.2, 0.25) is 5.89 Å². The predicted molar refractivity (Wildman–Crippen MR) is 78.1 cm³/mol. The van der Waals surface area contributed by atoms with Gasteiger partial charge in [-0.1, -0.05) is 38.3 Å². The summed E-state index contributed by atoms with van der Waals surface area (Å²) in [4.78, 5) is 4.50. The lowest BCUT2D eigenvalue weighted by atomic mass is 10.0. The van der Waals surface area contributed by atoms with Crippen LogP contribution in [-0.4, -0.2) is 15.4 Å². The van der Waals surface area contributed by atoms with Crippen LogP contribution in [0.4, 0.5) is 0 Å². The molecule has 0 radical (unpaired) electrons. The quantitative estimate of drug-likeness (QED) is 0.842. The molecular weight excluding hydrogens is 270 g/mol. The highest BCUT2D eigenvalue weighted by atomic mass is 32.2. The summed E-state index contributed by atoms with van der Waals surface area (Å²) in [6.45, 7) is 4.18. The highest BCUT2D eigenvalue weighted by Crippen LogP contribution is 2.63. The van der Waals surface area contributed by atoms with Crippen molar-refractivity contribution >= 4 is 11.8 Å². The molecule has 0 saturated heterocycles. The van der Waals surface area contributed by atoms with Crippen LogP contribution < -0.4 is 0 Å². The van der Waals surface area contributed by atoms with Gasteiger partial charge in [-0.15, -0.1) is 0 Å². The molecule has 108 valence electrons. The second kappa shape index (κ2) is 5.40. The van der Waals surface area contributed by atoms with Gasteiger partial charge in [0, 0.05) is 5.25 Å². The Balaban J connectivity index is 1.56. The standard InChI is InChI=1S/C15H21N3OS/c1-15(2)11(8-16)13(15)14-17-12(18-19-14)9-20-10-6-4-3-5-7-10/h10-11,13H,3-7,9H2,1-2H3. The molecule has 2 atom stereocenters. The van der Waals surface area contributed by atoms with E-state index < -0.39 is 0 Å². The van der Waals surface area contributed by atoms with E-state index in [0.717, 1.165) is 16.8 Å². The molecule has 2 fully saturated rings. The van der Waals surface area contributed by atoms with Crippen molar-refractivity contribution in [1.29, 1.82) is 5.26 Å². The van der Waals surface area contributed by atoms with Gasteiger partial charge in [0.1, 0.15) is 0 Å². The van der Waals surface area contributed by atoms with Crippen molar-refractivity contribution in [3.05, 3.63) is 11.7 Å². The van der Waals surface area contributed by atoms with E-state index in [1.165, 1.54) is 32.1 Å². The number of nitriles is 1. The molecule has 5 heteroatoms. The molecule has 0 aliphatic heterocycles. The summed E-state index contributed by atoms with van der Waals surface area (Å²) >= 11 is 1.95. The lowest BCUT2D eigenvalue weighted by molar-refractivity contribution is 0.364. The number of hydrogen-bond acceptors (Lipinski definition) is 5. The maximum Gasteiger partial charge on any atom is 0.231 e. The van der Waals surface area contributed by atoms with Crippen molar-refractivity contribution in [3.8, 4) is 6.07 Å². The molecule has 2 saturated carbocycles. The Hall–Kier alpha value is -1.02. The number of nitrogens with zero attached hydrogens (tertiary/aromatic N) is 3. The summed E-state index contributed by atoms with van der Waals surface area (Å²) in [6, 6.07) is 2.34. The van der Waals surface area contributed by atoms with Crippen LogP contribution in [0.25, 0.3) is 0 Å². The fourth-order valence-corrected chi connectivity index (χ4v) is 4.38. The lowest BCUT2D eigenvalue weighted by Gasteiger charge is -2.19. The fraction of sp³-hybridized carbons (Fsp3) is 0.800. The van der Waals surface area contributed by atoms with E-state index in [0.29, 0.717) is 5.89 Å². The Kier molecular flexibility index (Phi) is 3.76. The minimum Gasteiger partial charge on any atom is -0.339 e. The van der Waals surface area contributed by atoms with Gasteiger partial charge in [0.05, 0.1) is 23.7 Å². The molecule has 1 aromatic rings. The minimum atomic E-state index is -0.0188. The zero-order valence-corrected chi connectivity index (χ0v) is 12.9. The number of aromatic nitrogens is 2. The van der Waals surface area contributed by atoms with E-state index in [4.69, 9.17) is 9.78 Å². The van der Waals surface area contributed by atoms with Crippen molar-refractivity contribution in [2.24, 2.45) is 11.3 Å². The van der Waals surface area contributed by atoms with Crippen LogP contribution in [0, 0.1) is 22.7 Å². The fourth-order valence-electron chi connectivity index (χ4n) is 3.22. The maximum atomic E-state index is 9.11. The zero-order chi connectivity index (χ0) is 14.2. The van der Waals surface area contributed by atoms with E-state index >= 15 is 0 Å². The Morgan fingerprint density at radius 3 is 2.75 bits per heavy atom. The van der Waals surface area contributed by atoms with Crippen LogP contribution in [0.2, 0.25) is 0 Å². The molecule has 2 aliphatic carbocycles. The van der Waals surface area contributed by atoms with Crippen LogP contribution >= 0.6 is 11.8 Å². The highest BCUT2D eigenvalue weighted by Gasteiger charge is 2.62. The molecule has 2 unspecified atom stereocenters. The largest absolute Gasteiger partial charge is 0.339 e. The van der Waals surface area contributed by atoms with E-state index in [-0.39, 0.29) is 17.3 Å². The molecule has 0 amide bonds. The predicted octanol–water partition coefficient (Wildman–Crippen LogP) is 3.90. The van der Waals surface area contributed by atoms with Crippen molar-refractivity contribution in [3.63, 3.8) is 0 Å². The average molecular weight is 291 g/mol. The van der Waals surface area contributed by atoms with Gasteiger partial charge in [-0.05, 0) is 18.3 Å². The smallest absolute Gasteiger partial charge is 0.231 e. The third kappa shape index (κ3) is 2.58. The zero-order valence-electron chi connectivity index (χ0n) is 12.1. The molecule has 0 bridgehead atoms. The Bertz CT molecular complexity index is 513. The van der Waals surface area contributed by atoms with Gasteiger partial charge in [0.25, 0.3) is 0 Å². The van der Waals surface area contributed by atoms with Gasteiger partial charge in [0.15, 0.2) is 5.82 Å². The van der Waals surface area contributed by atoms with Crippen molar-refractivity contribution < 1.29 is 4.52 Å².